The minimum absolute atomic E-state index is 0.832. The van der Waals surface area contributed by atoms with Gasteiger partial charge in [0.15, 0.2) is 0 Å². The van der Waals surface area contributed by atoms with E-state index in [0.29, 0.717) is 0 Å². The van der Waals surface area contributed by atoms with Gasteiger partial charge in [0.25, 0.3) is 0 Å². The molecule has 2 aromatic rings. The van der Waals surface area contributed by atoms with Crippen molar-refractivity contribution >= 4 is 23.3 Å². The van der Waals surface area contributed by atoms with Crippen LogP contribution in [0.5, 0.6) is 0 Å². The smallest absolute Gasteiger partial charge is 0.0409 e. The molecule has 1 aromatic carbocycles. The Bertz CT molecular complexity index is 587. The predicted octanol–water partition coefficient (Wildman–Crippen LogP) is 4.61. The summed E-state index contributed by atoms with van der Waals surface area (Å²) in [4.78, 5) is 4.05. The summed E-state index contributed by atoms with van der Waals surface area (Å²) in [6.45, 7) is 0. The summed E-state index contributed by atoms with van der Waals surface area (Å²) in [6.07, 6.45) is 9.38. The lowest BCUT2D eigenvalue weighted by molar-refractivity contribution is 0.824. The average Bonchev–Trinajstić information content (AvgIpc) is 2.40. The maximum Gasteiger partial charge on any atom is 0.0409 e. The van der Waals surface area contributed by atoms with Crippen molar-refractivity contribution in [1.29, 1.82) is 0 Å². The molecule has 1 aromatic heterocycles. The molecule has 3 rings (SSSR count). The highest BCUT2D eigenvalue weighted by Crippen LogP contribution is 2.33. The molecule has 0 saturated heterocycles. The van der Waals surface area contributed by atoms with Gasteiger partial charge in [0, 0.05) is 17.4 Å². The molecular formula is C16H14ClN. The van der Waals surface area contributed by atoms with Crippen LogP contribution >= 0.6 is 11.6 Å². The first-order valence-corrected chi connectivity index (χ1v) is 6.60. The lowest BCUT2D eigenvalue weighted by atomic mass is 9.86. The van der Waals surface area contributed by atoms with E-state index in [4.69, 9.17) is 11.6 Å². The number of hydrogen-bond acceptors (Lipinski definition) is 1. The SMILES string of the molecule is Clc1ccc2c(c1)CCC/C2=C\c1ccncc1. The van der Waals surface area contributed by atoms with Gasteiger partial charge in [-0.05, 0) is 65.8 Å². The van der Waals surface area contributed by atoms with Crippen LogP contribution in [0.15, 0.2) is 42.7 Å². The van der Waals surface area contributed by atoms with Crippen LogP contribution in [0.2, 0.25) is 5.02 Å². The molecule has 0 aliphatic heterocycles. The zero-order valence-electron chi connectivity index (χ0n) is 10.1. The number of fused-ring (bicyclic) bond motifs is 1. The lowest BCUT2D eigenvalue weighted by Crippen LogP contribution is -2.01. The van der Waals surface area contributed by atoms with E-state index >= 15 is 0 Å². The van der Waals surface area contributed by atoms with Gasteiger partial charge in [-0.15, -0.1) is 0 Å². The molecule has 90 valence electrons. The van der Waals surface area contributed by atoms with E-state index in [0.717, 1.165) is 17.9 Å². The molecule has 1 aliphatic carbocycles. The van der Waals surface area contributed by atoms with Gasteiger partial charge in [0.2, 0.25) is 0 Å². The second-order valence-corrected chi connectivity index (χ2v) is 5.04. The number of aromatic nitrogens is 1. The summed E-state index contributed by atoms with van der Waals surface area (Å²) in [6, 6.07) is 10.3. The van der Waals surface area contributed by atoms with Crippen LogP contribution in [-0.4, -0.2) is 4.98 Å². The minimum atomic E-state index is 0.832. The molecule has 1 nitrogen and oxygen atoms in total. The van der Waals surface area contributed by atoms with Crippen molar-refractivity contribution in [3.63, 3.8) is 0 Å². The van der Waals surface area contributed by atoms with Gasteiger partial charge < -0.3 is 0 Å². The normalized spacial score (nSPS) is 16.6. The van der Waals surface area contributed by atoms with Gasteiger partial charge in [-0.25, -0.2) is 0 Å². The highest BCUT2D eigenvalue weighted by molar-refractivity contribution is 6.30. The van der Waals surface area contributed by atoms with Gasteiger partial charge in [-0.3, -0.25) is 4.98 Å². The molecule has 0 unspecified atom stereocenters. The third kappa shape index (κ3) is 2.32. The Kier molecular flexibility index (Phi) is 3.16. The highest BCUT2D eigenvalue weighted by Gasteiger charge is 2.14. The summed E-state index contributed by atoms with van der Waals surface area (Å²) in [5.74, 6) is 0. The Morgan fingerprint density at radius 1 is 1.06 bits per heavy atom. The number of rotatable bonds is 1. The fraction of sp³-hybridized carbons (Fsp3) is 0.188. The number of hydrogen-bond donors (Lipinski definition) is 0. The molecule has 0 N–H and O–H groups in total. The summed E-state index contributed by atoms with van der Waals surface area (Å²) in [7, 11) is 0. The summed E-state index contributed by atoms with van der Waals surface area (Å²) >= 11 is 6.06. The van der Waals surface area contributed by atoms with Crippen molar-refractivity contribution in [2.75, 3.05) is 0 Å². The quantitative estimate of drug-likeness (QED) is 0.725. The van der Waals surface area contributed by atoms with Gasteiger partial charge >= 0.3 is 0 Å². The van der Waals surface area contributed by atoms with Crippen molar-refractivity contribution in [3.8, 4) is 0 Å². The maximum absolute atomic E-state index is 6.06. The second-order valence-electron chi connectivity index (χ2n) is 4.61. The van der Waals surface area contributed by atoms with E-state index in [1.165, 1.54) is 28.7 Å². The molecule has 0 amide bonds. The summed E-state index contributed by atoms with van der Waals surface area (Å²) < 4.78 is 0. The first-order chi connectivity index (χ1) is 8.83. The van der Waals surface area contributed by atoms with Crippen molar-refractivity contribution in [2.45, 2.75) is 19.3 Å². The van der Waals surface area contributed by atoms with E-state index in [1.54, 1.807) is 0 Å². The molecule has 0 atom stereocenters. The molecule has 0 bridgehead atoms. The molecule has 0 fully saturated rings. The van der Waals surface area contributed by atoms with Gasteiger partial charge in [-0.1, -0.05) is 23.7 Å². The molecule has 18 heavy (non-hydrogen) atoms. The van der Waals surface area contributed by atoms with Gasteiger partial charge in [0.05, 0.1) is 0 Å². The van der Waals surface area contributed by atoms with E-state index < -0.39 is 0 Å². The molecule has 1 aliphatic rings. The largest absolute Gasteiger partial charge is 0.265 e. The Hall–Kier alpha value is -1.60. The first-order valence-electron chi connectivity index (χ1n) is 6.22. The third-order valence-corrected chi connectivity index (χ3v) is 3.59. The number of halogens is 1. The third-order valence-electron chi connectivity index (χ3n) is 3.35. The fourth-order valence-electron chi connectivity index (χ4n) is 2.50. The Morgan fingerprint density at radius 3 is 2.72 bits per heavy atom. The van der Waals surface area contributed by atoms with Gasteiger partial charge in [-0.2, -0.15) is 0 Å². The summed E-state index contributed by atoms with van der Waals surface area (Å²) in [5, 5.41) is 0.832. The number of pyridine rings is 1. The number of nitrogens with zero attached hydrogens (tertiary/aromatic N) is 1. The highest BCUT2D eigenvalue weighted by atomic mass is 35.5. The van der Waals surface area contributed by atoms with Crippen molar-refractivity contribution < 1.29 is 0 Å². The van der Waals surface area contributed by atoms with Crippen LogP contribution < -0.4 is 0 Å². The zero-order chi connectivity index (χ0) is 12.4. The molecule has 1 heterocycles. The van der Waals surface area contributed by atoms with Gasteiger partial charge in [0.1, 0.15) is 0 Å². The van der Waals surface area contributed by atoms with E-state index in [9.17, 15) is 0 Å². The van der Waals surface area contributed by atoms with Crippen LogP contribution in [0.25, 0.3) is 11.6 Å². The lowest BCUT2D eigenvalue weighted by Gasteiger charge is -2.19. The van der Waals surface area contributed by atoms with E-state index in [1.807, 2.05) is 30.6 Å². The van der Waals surface area contributed by atoms with Crippen molar-refractivity contribution in [1.82, 2.24) is 4.98 Å². The molecular weight excluding hydrogens is 242 g/mol. The predicted molar refractivity (Wildman–Crippen MR) is 76.5 cm³/mol. The van der Waals surface area contributed by atoms with Crippen LogP contribution in [0.4, 0.5) is 0 Å². The maximum atomic E-state index is 6.06. The fourth-order valence-corrected chi connectivity index (χ4v) is 2.69. The van der Waals surface area contributed by atoms with E-state index in [2.05, 4.69) is 23.2 Å². The second kappa shape index (κ2) is 4.95. The first kappa shape index (κ1) is 11.5. The van der Waals surface area contributed by atoms with Crippen LogP contribution in [0.3, 0.4) is 0 Å². The molecule has 0 radical (unpaired) electrons. The minimum Gasteiger partial charge on any atom is -0.265 e. The Balaban J connectivity index is 2.04. The monoisotopic (exact) mass is 255 g/mol. The van der Waals surface area contributed by atoms with Crippen molar-refractivity contribution in [3.05, 3.63) is 64.4 Å². The molecule has 2 heteroatoms. The summed E-state index contributed by atoms with van der Waals surface area (Å²) in [5.41, 5.74) is 5.33. The number of allylic oxidation sites excluding steroid dienone is 1. The van der Waals surface area contributed by atoms with Crippen LogP contribution in [0.1, 0.15) is 29.5 Å². The topological polar surface area (TPSA) is 12.9 Å². The Morgan fingerprint density at radius 2 is 1.89 bits per heavy atom. The molecule has 0 saturated carbocycles. The average molecular weight is 256 g/mol. The standard InChI is InChI=1S/C16H14ClN/c17-15-4-5-16-13(2-1-3-14(16)11-15)10-12-6-8-18-9-7-12/h4-11H,1-3H2/b13-10+. The van der Waals surface area contributed by atoms with Crippen LogP contribution in [0, 0.1) is 0 Å². The zero-order valence-corrected chi connectivity index (χ0v) is 10.8. The number of aryl methyl sites for hydroxylation is 1. The van der Waals surface area contributed by atoms with Crippen molar-refractivity contribution in [2.24, 2.45) is 0 Å². The Labute approximate surface area is 112 Å². The van der Waals surface area contributed by atoms with Crippen LogP contribution in [-0.2, 0) is 6.42 Å². The molecule has 0 spiro atoms. The van der Waals surface area contributed by atoms with E-state index in [-0.39, 0.29) is 0 Å². The number of benzene rings is 1.